The Kier molecular flexibility index (Phi) is 5.38. The second-order valence-corrected chi connectivity index (χ2v) is 6.76. The second kappa shape index (κ2) is 5.44. The Morgan fingerprint density at radius 2 is 1.75 bits per heavy atom. The van der Waals surface area contributed by atoms with Gasteiger partial charge in [0.05, 0.1) is 5.60 Å². The minimum Gasteiger partial charge on any atom is -0.389 e. The first-order valence-corrected chi connectivity index (χ1v) is 6.89. The summed E-state index contributed by atoms with van der Waals surface area (Å²) in [5, 5.41) is 9.93. The highest BCUT2D eigenvalue weighted by atomic mass is 32.2. The van der Waals surface area contributed by atoms with E-state index < -0.39 is 15.8 Å². The molecule has 1 atom stereocenters. The number of aliphatic hydroxyl groups is 1. The summed E-state index contributed by atoms with van der Waals surface area (Å²) < 4.78 is 27.1. The molecule has 0 saturated heterocycles. The maximum atomic E-state index is 11.7. The summed E-state index contributed by atoms with van der Waals surface area (Å²) in [6.07, 6.45) is 0. The SMILES string of the molecule is CC(C)N(C)S(=O)(=O)NCC(C)(O)C(C)C. The highest BCUT2D eigenvalue weighted by Gasteiger charge is 2.28. The molecule has 0 saturated carbocycles. The lowest BCUT2D eigenvalue weighted by Crippen LogP contribution is -2.49. The van der Waals surface area contributed by atoms with Crippen LogP contribution in [0.3, 0.4) is 0 Å². The Labute approximate surface area is 99.0 Å². The molecule has 0 aliphatic heterocycles. The molecule has 0 rings (SSSR count). The maximum Gasteiger partial charge on any atom is 0.279 e. The summed E-state index contributed by atoms with van der Waals surface area (Å²) in [6.45, 7) is 8.92. The quantitative estimate of drug-likeness (QED) is 0.726. The third-order valence-electron chi connectivity index (χ3n) is 2.96. The van der Waals surface area contributed by atoms with Gasteiger partial charge in [0.25, 0.3) is 10.2 Å². The van der Waals surface area contributed by atoms with Crippen LogP contribution in [0, 0.1) is 5.92 Å². The van der Waals surface area contributed by atoms with E-state index in [0.717, 1.165) is 0 Å². The van der Waals surface area contributed by atoms with Crippen molar-refractivity contribution < 1.29 is 13.5 Å². The summed E-state index contributed by atoms with van der Waals surface area (Å²) in [7, 11) is -1.99. The molecule has 2 N–H and O–H groups in total. The van der Waals surface area contributed by atoms with Crippen molar-refractivity contribution in [3.63, 3.8) is 0 Å². The van der Waals surface area contributed by atoms with E-state index in [2.05, 4.69) is 4.72 Å². The predicted molar refractivity (Wildman–Crippen MR) is 65.3 cm³/mol. The first kappa shape index (κ1) is 15.8. The van der Waals surface area contributed by atoms with Crippen molar-refractivity contribution in [1.29, 1.82) is 0 Å². The molecule has 0 heterocycles. The number of hydrogen-bond acceptors (Lipinski definition) is 3. The molecule has 0 aliphatic rings. The minimum absolute atomic E-state index is 0.0143. The van der Waals surface area contributed by atoms with Crippen LogP contribution < -0.4 is 4.72 Å². The lowest BCUT2D eigenvalue weighted by atomic mass is 9.93. The number of nitrogens with one attached hydrogen (secondary N) is 1. The average molecular weight is 252 g/mol. The van der Waals surface area contributed by atoms with Gasteiger partial charge in [0.15, 0.2) is 0 Å². The van der Waals surface area contributed by atoms with Gasteiger partial charge >= 0.3 is 0 Å². The van der Waals surface area contributed by atoms with Crippen molar-refractivity contribution in [2.45, 2.75) is 46.3 Å². The standard InChI is InChI=1S/C10H24N2O3S/c1-8(2)10(5,13)7-11-16(14,15)12(6)9(3)4/h8-9,11,13H,7H2,1-6H3. The summed E-state index contributed by atoms with van der Waals surface area (Å²) in [5.74, 6) is -0.0143. The molecule has 98 valence electrons. The molecular weight excluding hydrogens is 228 g/mol. The van der Waals surface area contributed by atoms with Crippen molar-refractivity contribution in [3.8, 4) is 0 Å². The van der Waals surface area contributed by atoms with E-state index in [4.69, 9.17) is 0 Å². The van der Waals surface area contributed by atoms with Crippen molar-refractivity contribution in [1.82, 2.24) is 9.03 Å². The molecule has 0 aromatic heterocycles. The highest BCUT2D eigenvalue weighted by Crippen LogP contribution is 2.15. The summed E-state index contributed by atoms with van der Waals surface area (Å²) in [5.41, 5.74) is -1.04. The van der Waals surface area contributed by atoms with Gasteiger partial charge in [-0.15, -0.1) is 0 Å². The molecule has 0 aromatic rings. The second-order valence-electron chi connectivity index (χ2n) is 4.95. The molecule has 0 bridgehead atoms. The first-order valence-electron chi connectivity index (χ1n) is 5.45. The van der Waals surface area contributed by atoms with Gasteiger partial charge in [-0.25, -0.2) is 0 Å². The minimum atomic E-state index is -3.50. The maximum absolute atomic E-state index is 11.7. The molecule has 0 fully saturated rings. The van der Waals surface area contributed by atoms with Crippen molar-refractivity contribution in [2.24, 2.45) is 5.92 Å². The van der Waals surface area contributed by atoms with Crippen LogP contribution in [-0.2, 0) is 10.2 Å². The Hall–Kier alpha value is -0.170. The van der Waals surface area contributed by atoms with Gasteiger partial charge in [-0.3, -0.25) is 0 Å². The molecule has 0 amide bonds. The molecule has 1 unspecified atom stereocenters. The zero-order valence-corrected chi connectivity index (χ0v) is 11.8. The number of rotatable bonds is 6. The smallest absolute Gasteiger partial charge is 0.279 e. The third-order valence-corrected chi connectivity index (χ3v) is 4.65. The monoisotopic (exact) mass is 252 g/mol. The van der Waals surface area contributed by atoms with Gasteiger partial charge < -0.3 is 5.11 Å². The third kappa shape index (κ3) is 4.37. The van der Waals surface area contributed by atoms with Crippen LogP contribution in [0.4, 0.5) is 0 Å². The van der Waals surface area contributed by atoms with Gasteiger partial charge in [0.2, 0.25) is 0 Å². The first-order chi connectivity index (χ1) is 7.00. The van der Waals surface area contributed by atoms with Gasteiger partial charge in [-0.1, -0.05) is 13.8 Å². The Balaban J connectivity index is 4.53. The summed E-state index contributed by atoms with van der Waals surface area (Å²) >= 11 is 0. The predicted octanol–water partition coefficient (Wildman–Crippen LogP) is 0.568. The largest absolute Gasteiger partial charge is 0.389 e. The zero-order chi connectivity index (χ0) is 13.1. The van der Waals surface area contributed by atoms with Crippen molar-refractivity contribution in [2.75, 3.05) is 13.6 Å². The fourth-order valence-electron chi connectivity index (χ4n) is 0.821. The number of nitrogens with zero attached hydrogens (tertiary/aromatic N) is 1. The highest BCUT2D eigenvalue weighted by molar-refractivity contribution is 7.87. The van der Waals surface area contributed by atoms with E-state index in [9.17, 15) is 13.5 Å². The van der Waals surface area contributed by atoms with Crippen LogP contribution >= 0.6 is 0 Å². The lowest BCUT2D eigenvalue weighted by molar-refractivity contribution is 0.0187. The van der Waals surface area contributed by atoms with E-state index in [1.165, 1.54) is 11.4 Å². The number of hydrogen-bond donors (Lipinski definition) is 2. The van der Waals surface area contributed by atoms with Gasteiger partial charge in [-0.05, 0) is 26.7 Å². The van der Waals surface area contributed by atoms with Crippen LogP contribution in [0.5, 0.6) is 0 Å². The summed E-state index contributed by atoms with van der Waals surface area (Å²) in [6, 6.07) is -0.110. The summed E-state index contributed by atoms with van der Waals surface area (Å²) in [4.78, 5) is 0. The van der Waals surface area contributed by atoms with Gasteiger partial charge in [0.1, 0.15) is 0 Å². The fraction of sp³-hybridized carbons (Fsp3) is 1.00. The molecule has 0 spiro atoms. The van der Waals surface area contributed by atoms with Crippen molar-refractivity contribution in [3.05, 3.63) is 0 Å². The molecule has 5 nitrogen and oxygen atoms in total. The molecule has 16 heavy (non-hydrogen) atoms. The van der Waals surface area contributed by atoms with Crippen LogP contribution in [0.2, 0.25) is 0 Å². The van der Waals surface area contributed by atoms with E-state index in [1.807, 2.05) is 13.8 Å². The van der Waals surface area contributed by atoms with E-state index in [1.54, 1.807) is 20.8 Å². The fourth-order valence-corrected chi connectivity index (χ4v) is 2.05. The Bertz CT molecular complexity index is 310. The average Bonchev–Trinajstić information content (AvgIpc) is 2.13. The van der Waals surface area contributed by atoms with Crippen LogP contribution in [-0.4, -0.2) is 43.1 Å². The molecule has 0 radical (unpaired) electrons. The van der Waals surface area contributed by atoms with E-state index >= 15 is 0 Å². The van der Waals surface area contributed by atoms with E-state index in [-0.39, 0.29) is 18.5 Å². The normalized spacial score (nSPS) is 17.1. The van der Waals surface area contributed by atoms with Gasteiger partial charge in [0, 0.05) is 19.6 Å². The van der Waals surface area contributed by atoms with E-state index in [0.29, 0.717) is 0 Å². The zero-order valence-electron chi connectivity index (χ0n) is 11.0. The molecule has 0 aromatic carbocycles. The topological polar surface area (TPSA) is 69.6 Å². The molecular formula is C10H24N2O3S. The molecule has 6 heteroatoms. The Morgan fingerprint density at radius 1 is 1.31 bits per heavy atom. The van der Waals surface area contributed by atoms with Crippen LogP contribution in [0.1, 0.15) is 34.6 Å². The van der Waals surface area contributed by atoms with Gasteiger partial charge in [-0.2, -0.15) is 17.4 Å². The van der Waals surface area contributed by atoms with Crippen LogP contribution in [0.15, 0.2) is 0 Å². The lowest BCUT2D eigenvalue weighted by Gasteiger charge is -2.29. The molecule has 0 aliphatic carbocycles. The Morgan fingerprint density at radius 3 is 2.06 bits per heavy atom. The van der Waals surface area contributed by atoms with Crippen molar-refractivity contribution >= 4 is 10.2 Å². The van der Waals surface area contributed by atoms with Crippen LogP contribution in [0.25, 0.3) is 0 Å².